The number of thioether (sulfide) groups is 1. The first-order valence-corrected chi connectivity index (χ1v) is 7.10. The molecule has 0 saturated carbocycles. The van der Waals surface area contributed by atoms with Crippen molar-refractivity contribution >= 4 is 23.6 Å². The molecule has 5 heteroatoms. The van der Waals surface area contributed by atoms with Crippen LogP contribution in [0.2, 0.25) is 0 Å². The zero-order valence-corrected chi connectivity index (χ0v) is 12.2. The van der Waals surface area contributed by atoms with Gasteiger partial charge in [0.2, 0.25) is 5.91 Å². The highest BCUT2D eigenvalue weighted by Gasteiger charge is 2.36. The number of likely N-dealkylation sites (N-methyl/N-ethyl adjacent to an activating group) is 1. The summed E-state index contributed by atoms with van der Waals surface area (Å²) in [5.41, 5.74) is -1.18. The van der Waals surface area contributed by atoms with Gasteiger partial charge in [0.25, 0.3) is 0 Å². The summed E-state index contributed by atoms with van der Waals surface area (Å²) >= 11 is 1.42. The summed E-state index contributed by atoms with van der Waals surface area (Å²) in [7, 11) is 0. The lowest BCUT2D eigenvalue weighted by atomic mass is 10.0. The van der Waals surface area contributed by atoms with Gasteiger partial charge in [-0.3, -0.25) is 4.79 Å². The topological polar surface area (TPSA) is 57.6 Å². The molecule has 0 aliphatic heterocycles. The number of carboxylic acid groups (broad SMARTS) is 1. The highest BCUT2D eigenvalue weighted by Crippen LogP contribution is 2.21. The van der Waals surface area contributed by atoms with Gasteiger partial charge in [-0.1, -0.05) is 18.2 Å². The van der Waals surface area contributed by atoms with Crippen molar-refractivity contribution in [1.82, 2.24) is 4.90 Å². The second-order valence-electron chi connectivity index (χ2n) is 4.60. The number of rotatable bonds is 6. The van der Waals surface area contributed by atoms with E-state index in [-0.39, 0.29) is 11.7 Å². The van der Waals surface area contributed by atoms with Crippen LogP contribution in [0.1, 0.15) is 20.8 Å². The summed E-state index contributed by atoms with van der Waals surface area (Å²) in [6.07, 6.45) is 0. The molecule has 0 aliphatic carbocycles. The Morgan fingerprint density at radius 3 is 2.32 bits per heavy atom. The number of hydrogen-bond donors (Lipinski definition) is 1. The Kier molecular flexibility index (Phi) is 5.42. The fourth-order valence-corrected chi connectivity index (χ4v) is 2.53. The molecular weight excluding hydrogens is 262 g/mol. The van der Waals surface area contributed by atoms with Gasteiger partial charge in [-0.05, 0) is 32.9 Å². The van der Waals surface area contributed by atoms with Gasteiger partial charge in [-0.15, -0.1) is 11.8 Å². The van der Waals surface area contributed by atoms with Crippen molar-refractivity contribution in [3.05, 3.63) is 30.3 Å². The second kappa shape index (κ2) is 6.61. The number of carbonyl (C=O) groups is 2. The zero-order valence-electron chi connectivity index (χ0n) is 11.4. The molecule has 4 nitrogen and oxygen atoms in total. The van der Waals surface area contributed by atoms with E-state index in [1.165, 1.54) is 16.7 Å². The molecular formula is C14H19NO3S. The van der Waals surface area contributed by atoms with Crippen molar-refractivity contribution in [3.8, 4) is 0 Å². The van der Waals surface area contributed by atoms with E-state index in [1.807, 2.05) is 30.3 Å². The molecule has 0 aliphatic rings. The number of amides is 1. The van der Waals surface area contributed by atoms with Crippen LogP contribution in [0.15, 0.2) is 35.2 Å². The first kappa shape index (κ1) is 15.6. The summed E-state index contributed by atoms with van der Waals surface area (Å²) in [6.45, 7) is 5.26. The van der Waals surface area contributed by atoms with E-state index in [0.29, 0.717) is 6.54 Å². The Labute approximate surface area is 117 Å². The second-order valence-corrected chi connectivity index (χ2v) is 5.65. The van der Waals surface area contributed by atoms with Crippen LogP contribution in [0.25, 0.3) is 0 Å². The molecule has 104 valence electrons. The van der Waals surface area contributed by atoms with Gasteiger partial charge < -0.3 is 10.0 Å². The summed E-state index contributed by atoms with van der Waals surface area (Å²) in [5, 5.41) is 9.18. The first-order valence-electron chi connectivity index (χ1n) is 6.11. The van der Waals surface area contributed by atoms with E-state index in [2.05, 4.69) is 0 Å². The van der Waals surface area contributed by atoms with Gasteiger partial charge in [0.1, 0.15) is 5.54 Å². The van der Waals surface area contributed by atoms with E-state index < -0.39 is 11.5 Å². The molecule has 0 unspecified atom stereocenters. The molecule has 0 heterocycles. The Morgan fingerprint density at radius 2 is 1.84 bits per heavy atom. The van der Waals surface area contributed by atoms with Gasteiger partial charge in [0.15, 0.2) is 0 Å². The Hall–Kier alpha value is -1.49. The van der Waals surface area contributed by atoms with Gasteiger partial charge in [-0.25, -0.2) is 4.79 Å². The lowest BCUT2D eigenvalue weighted by Crippen LogP contribution is -2.53. The van der Waals surface area contributed by atoms with E-state index in [0.717, 1.165) is 4.90 Å². The minimum atomic E-state index is -1.18. The van der Waals surface area contributed by atoms with Crippen LogP contribution in [0.5, 0.6) is 0 Å². The smallest absolute Gasteiger partial charge is 0.329 e. The van der Waals surface area contributed by atoms with E-state index in [1.54, 1.807) is 20.8 Å². The SMILES string of the molecule is CCN(C(=O)CSc1ccccc1)C(C)(C)C(=O)O. The monoisotopic (exact) mass is 281 g/mol. The molecule has 0 fully saturated rings. The largest absolute Gasteiger partial charge is 0.480 e. The average molecular weight is 281 g/mol. The lowest BCUT2D eigenvalue weighted by Gasteiger charge is -2.34. The Balaban J connectivity index is 2.68. The number of nitrogens with zero attached hydrogens (tertiary/aromatic N) is 1. The highest BCUT2D eigenvalue weighted by atomic mass is 32.2. The number of hydrogen-bond acceptors (Lipinski definition) is 3. The number of carboxylic acids is 1. The molecule has 1 rings (SSSR count). The quantitative estimate of drug-likeness (QED) is 0.814. The van der Waals surface area contributed by atoms with Crippen LogP contribution < -0.4 is 0 Å². The third-order valence-corrected chi connectivity index (χ3v) is 3.92. The summed E-state index contributed by atoms with van der Waals surface area (Å²) in [5.74, 6) is -0.912. The van der Waals surface area contributed by atoms with Gasteiger partial charge in [0, 0.05) is 11.4 Å². The van der Waals surface area contributed by atoms with Crippen molar-refractivity contribution < 1.29 is 14.7 Å². The maximum atomic E-state index is 12.1. The van der Waals surface area contributed by atoms with Crippen molar-refractivity contribution in [2.24, 2.45) is 0 Å². The molecule has 0 bridgehead atoms. The van der Waals surface area contributed by atoms with Crippen molar-refractivity contribution in [1.29, 1.82) is 0 Å². The minimum absolute atomic E-state index is 0.163. The molecule has 1 amide bonds. The molecule has 0 atom stereocenters. The maximum Gasteiger partial charge on any atom is 0.329 e. The highest BCUT2D eigenvalue weighted by molar-refractivity contribution is 8.00. The van der Waals surface area contributed by atoms with Gasteiger partial charge >= 0.3 is 5.97 Å². The molecule has 0 radical (unpaired) electrons. The van der Waals surface area contributed by atoms with Crippen LogP contribution in [-0.4, -0.2) is 39.7 Å². The van der Waals surface area contributed by atoms with Crippen molar-refractivity contribution in [2.45, 2.75) is 31.2 Å². The molecule has 1 aromatic rings. The van der Waals surface area contributed by atoms with E-state index in [4.69, 9.17) is 0 Å². The van der Waals surface area contributed by atoms with Crippen LogP contribution in [0, 0.1) is 0 Å². The predicted molar refractivity (Wildman–Crippen MR) is 76.3 cm³/mol. The lowest BCUT2D eigenvalue weighted by molar-refractivity contribution is -0.155. The van der Waals surface area contributed by atoms with Crippen LogP contribution >= 0.6 is 11.8 Å². The van der Waals surface area contributed by atoms with Crippen molar-refractivity contribution in [2.75, 3.05) is 12.3 Å². The van der Waals surface area contributed by atoms with Gasteiger partial charge in [0.05, 0.1) is 5.75 Å². The van der Waals surface area contributed by atoms with Crippen LogP contribution in [0.4, 0.5) is 0 Å². The van der Waals surface area contributed by atoms with Crippen LogP contribution in [0.3, 0.4) is 0 Å². The van der Waals surface area contributed by atoms with Gasteiger partial charge in [-0.2, -0.15) is 0 Å². The number of carbonyl (C=O) groups excluding carboxylic acids is 1. The average Bonchev–Trinajstić information content (AvgIpc) is 2.38. The summed E-state index contributed by atoms with van der Waals surface area (Å²) < 4.78 is 0. The molecule has 1 N–H and O–H groups in total. The number of aliphatic carboxylic acids is 1. The fraction of sp³-hybridized carbons (Fsp3) is 0.429. The minimum Gasteiger partial charge on any atom is -0.480 e. The maximum absolute atomic E-state index is 12.1. The van der Waals surface area contributed by atoms with E-state index in [9.17, 15) is 14.7 Å². The predicted octanol–water partition coefficient (Wildman–Crippen LogP) is 2.49. The normalized spacial score (nSPS) is 11.1. The number of benzene rings is 1. The summed E-state index contributed by atoms with van der Waals surface area (Å²) in [4.78, 5) is 25.7. The Morgan fingerprint density at radius 1 is 1.26 bits per heavy atom. The fourth-order valence-electron chi connectivity index (χ4n) is 1.74. The summed E-state index contributed by atoms with van der Waals surface area (Å²) in [6, 6.07) is 9.59. The Bertz CT molecular complexity index is 445. The molecule has 1 aromatic carbocycles. The van der Waals surface area contributed by atoms with Crippen molar-refractivity contribution in [3.63, 3.8) is 0 Å². The molecule has 0 spiro atoms. The standard InChI is InChI=1S/C14H19NO3S/c1-4-15(14(2,3)13(17)18)12(16)10-19-11-8-6-5-7-9-11/h5-9H,4,10H2,1-3H3,(H,17,18). The third-order valence-electron chi connectivity index (χ3n) is 2.92. The van der Waals surface area contributed by atoms with Crippen LogP contribution in [-0.2, 0) is 9.59 Å². The van der Waals surface area contributed by atoms with E-state index >= 15 is 0 Å². The first-order chi connectivity index (χ1) is 8.89. The molecule has 19 heavy (non-hydrogen) atoms. The molecule has 0 aromatic heterocycles. The zero-order chi connectivity index (χ0) is 14.5. The third kappa shape index (κ3) is 3.99. The molecule has 0 saturated heterocycles.